The zero-order valence-electron chi connectivity index (χ0n) is 5.87. The normalized spacial score (nSPS) is 14.3. The fourth-order valence-corrected chi connectivity index (χ4v) is 1.23. The lowest BCUT2D eigenvalue weighted by Gasteiger charge is -2.06. The molecular weight excluding hydrogens is 275 g/mol. The van der Waals surface area contributed by atoms with Crippen LogP contribution in [-0.2, 0) is 9.32 Å². The first-order chi connectivity index (χ1) is 4.87. The van der Waals surface area contributed by atoms with Crippen molar-refractivity contribution in [1.29, 1.82) is 5.26 Å². The molecule has 0 aromatic carbocycles. The second-order valence-electron chi connectivity index (χ2n) is 1.85. The van der Waals surface area contributed by atoms with Crippen molar-refractivity contribution < 1.29 is 9.32 Å². The summed E-state index contributed by atoms with van der Waals surface area (Å²) in [6.07, 6.45) is 0. The van der Waals surface area contributed by atoms with Gasteiger partial charge in [-0.25, -0.2) is 4.79 Å². The molecule has 0 aliphatic heterocycles. The second kappa shape index (κ2) is 4.08. The Labute approximate surface area is 80.1 Å². The molecule has 0 aliphatic carbocycles. The predicted molar refractivity (Wildman–Crippen MR) is 53.5 cm³/mol. The van der Waals surface area contributed by atoms with Crippen LogP contribution in [0.4, 0.5) is 0 Å². The van der Waals surface area contributed by atoms with Gasteiger partial charge in [0.15, 0.2) is 27.1 Å². The van der Waals surface area contributed by atoms with Gasteiger partial charge in [0.25, 0.3) is 0 Å². The highest BCUT2D eigenvalue weighted by Crippen LogP contribution is 2.60. The molecule has 11 heavy (non-hydrogen) atoms. The Bertz CT molecular complexity index is 230. The summed E-state index contributed by atoms with van der Waals surface area (Å²) >= 11 is 1.84. The van der Waals surface area contributed by atoms with Gasteiger partial charge in [-0.1, -0.05) is 6.58 Å². The first-order valence-corrected chi connectivity index (χ1v) is 7.55. The van der Waals surface area contributed by atoms with E-state index in [2.05, 4.69) is 6.58 Å². The number of carbonyl (C=O) groups excluding carboxylic acids is 1. The third-order valence-corrected chi connectivity index (χ3v) is 1.76. The van der Waals surface area contributed by atoms with Crippen LogP contribution in [0.5, 0.6) is 0 Å². The Kier molecular flexibility index (Phi) is 4.05. The molecule has 0 spiro atoms. The molecule has 0 bridgehead atoms. The van der Waals surface area contributed by atoms with Crippen LogP contribution in [0.25, 0.3) is 0 Å². The summed E-state index contributed by atoms with van der Waals surface area (Å²) in [6, 6.07) is 1.58. The highest BCUT2D eigenvalue weighted by molar-refractivity contribution is 14.2. The van der Waals surface area contributed by atoms with Crippen LogP contribution in [0.2, 0.25) is 0 Å². The van der Waals surface area contributed by atoms with E-state index >= 15 is 0 Å². The summed E-state index contributed by atoms with van der Waals surface area (Å²) in [6.45, 7) is 4.79. The van der Waals surface area contributed by atoms with Crippen LogP contribution < -0.4 is 0 Å². The molecule has 0 rings (SSSR count). The molecule has 0 saturated heterocycles. The summed E-state index contributed by atoms with van der Waals surface area (Å²) in [7, 11) is 5.43. The van der Waals surface area contributed by atoms with E-state index in [-0.39, 0.29) is 5.57 Å². The third-order valence-electron chi connectivity index (χ3n) is 0.643. The average molecular weight is 280 g/mol. The Morgan fingerprint density at radius 2 is 2.36 bits per heavy atom. The summed E-state index contributed by atoms with van der Waals surface area (Å²) in [5.74, 6) is -0.736. The Hall–Kier alpha value is -0.0751. The minimum atomic E-state index is -2.13. The Morgan fingerprint density at radius 1 is 1.91 bits per heavy atom. The van der Waals surface area contributed by atoms with Crippen LogP contribution in [0.1, 0.15) is 0 Å². The minimum absolute atomic E-state index is 0.224. The summed E-state index contributed by atoms with van der Waals surface area (Å²) < 4.78 is 4.70. The van der Waals surface area contributed by atoms with E-state index in [4.69, 9.17) is 17.4 Å². The topological polar surface area (TPSA) is 50.1 Å². The van der Waals surface area contributed by atoms with E-state index in [1.165, 1.54) is 0 Å². The van der Waals surface area contributed by atoms with Gasteiger partial charge in [-0.2, -0.15) is 5.26 Å². The highest BCUT2D eigenvalue weighted by atomic mass is 127. The molecule has 0 saturated carbocycles. The quantitative estimate of drug-likeness (QED) is 0.254. The Balaban J connectivity index is 4.13. The van der Waals surface area contributed by atoms with Crippen molar-refractivity contribution in [3.8, 4) is 6.07 Å². The maximum Gasteiger partial charge on any atom is 0.426 e. The first kappa shape index (κ1) is 10.9. The lowest BCUT2D eigenvalue weighted by Crippen LogP contribution is -2.04. The van der Waals surface area contributed by atoms with Crippen LogP contribution >= 0.6 is 27.1 Å². The molecule has 56 valence electrons. The van der Waals surface area contributed by atoms with Crippen molar-refractivity contribution in [1.82, 2.24) is 0 Å². The molecule has 1 atom stereocenters. The van der Waals surface area contributed by atoms with Gasteiger partial charge < -0.3 is 4.52 Å². The van der Waals surface area contributed by atoms with Crippen LogP contribution in [0.3, 0.4) is 0 Å². The van der Waals surface area contributed by atoms with E-state index in [1.807, 2.05) is 22.0 Å². The molecule has 3 nitrogen and oxygen atoms in total. The number of hydrogen-bond acceptors (Lipinski definition) is 3. The second-order valence-corrected chi connectivity index (χ2v) is 9.54. The zero-order valence-corrected chi connectivity index (χ0v) is 8.93. The number of hydrogen-bond donors (Lipinski definition) is 0. The van der Waals surface area contributed by atoms with Crippen molar-refractivity contribution in [2.24, 2.45) is 0 Å². The summed E-state index contributed by atoms with van der Waals surface area (Å²) in [5.41, 5.74) is -0.224. The zero-order chi connectivity index (χ0) is 9.07. The lowest BCUT2D eigenvalue weighted by atomic mass is 10.4. The van der Waals surface area contributed by atoms with Gasteiger partial charge in [0, 0.05) is 0 Å². The van der Waals surface area contributed by atoms with Gasteiger partial charge in [-0.15, -0.1) is 0 Å². The van der Waals surface area contributed by atoms with Crippen LogP contribution in [-0.4, -0.2) is 20.2 Å². The number of carbonyl (C=O) groups is 1. The van der Waals surface area contributed by atoms with Crippen LogP contribution in [0.15, 0.2) is 12.2 Å². The molecule has 0 N–H and O–H groups in total. The number of nitriles is 1. The van der Waals surface area contributed by atoms with Crippen molar-refractivity contribution >= 4 is 40.6 Å². The monoisotopic (exact) mass is 280 g/mol. The lowest BCUT2D eigenvalue weighted by molar-refractivity contribution is -0.128. The van der Waals surface area contributed by atoms with Crippen molar-refractivity contribution in [3.05, 3.63) is 12.2 Å². The van der Waals surface area contributed by atoms with Crippen molar-refractivity contribution in [3.63, 3.8) is 0 Å². The smallest absolute Gasteiger partial charge is 0.317 e. The molecule has 0 aromatic rings. The van der Waals surface area contributed by atoms with Gasteiger partial charge in [-0.05, 0) is 0 Å². The Morgan fingerprint density at radius 3 is 2.64 bits per heavy atom. The van der Waals surface area contributed by atoms with Crippen molar-refractivity contribution in [2.75, 3.05) is 6.66 Å². The minimum Gasteiger partial charge on any atom is -0.317 e. The molecule has 0 fully saturated rings. The van der Waals surface area contributed by atoms with Gasteiger partial charge in [0.05, 0.1) is 6.66 Å². The largest absolute Gasteiger partial charge is 0.426 e. The predicted octanol–water partition coefficient (Wildman–Crippen LogP) is 1.61. The highest BCUT2D eigenvalue weighted by Gasteiger charge is 2.29. The maximum absolute atomic E-state index is 10.8. The fourth-order valence-electron chi connectivity index (χ4n) is 0.263. The van der Waals surface area contributed by atoms with E-state index in [0.29, 0.717) is 0 Å². The number of nitrogens with zero attached hydrogens (tertiary/aromatic N) is 1. The van der Waals surface area contributed by atoms with E-state index in [1.54, 1.807) is 12.7 Å². The first-order valence-electron chi connectivity index (χ1n) is 2.54. The SMILES string of the molecule is [B][P+](C)(I)OC(=O)C(=C)C#N. The molecule has 0 heterocycles. The molecule has 1 unspecified atom stereocenters. The van der Waals surface area contributed by atoms with Crippen molar-refractivity contribution in [2.45, 2.75) is 0 Å². The summed E-state index contributed by atoms with van der Waals surface area (Å²) in [5, 5.41) is 6.09. The molecule has 0 aliphatic rings. The van der Waals surface area contributed by atoms with E-state index in [0.717, 1.165) is 0 Å². The van der Waals surface area contributed by atoms with Crippen LogP contribution in [0, 0.1) is 11.3 Å². The standard InChI is InChI=1S/C5H5BINO2P/c1-4(3-8)5(9)10-11(2,6)7/h1H2,2H3/q+1. The maximum atomic E-state index is 10.8. The molecular formula is C5H5BINO2P+. The van der Waals surface area contributed by atoms with Gasteiger partial charge in [0.2, 0.25) is 0 Å². The third kappa shape index (κ3) is 5.22. The average Bonchev–Trinajstić information content (AvgIpc) is 1.82. The summed E-state index contributed by atoms with van der Waals surface area (Å²) in [4.78, 5) is 10.8. The van der Waals surface area contributed by atoms with E-state index in [9.17, 15) is 4.79 Å². The molecule has 0 aromatic heterocycles. The molecule has 2 radical (unpaired) electrons. The van der Waals surface area contributed by atoms with Gasteiger partial charge in [0.1, 0.15) is 11.6 Å². The molecule has 6 heteroatoms. The van der Waals surface area contributed by atoms with E-state index < -0.39 is 11.0 Å². The number of halogens is 1. The van der Waals surface area contributed by atoms with Gasteiger partial charge in [-0.3, -0.25) is 0 Å². The molecule has 0 amide bonds. The fraction of sp³-hybridized carbons (Fsp3) is 0.200. The van der Waals surface area contributed by atoms with Gasteiger partial charge >= 0.3 is 13.5 Å². The number of rotatable bonds is 2.